The Morgan fingerprint density at radius 3 is 2.36 bits per heavy atom. The zero-order valence-corrected chi connectivity index (χ0v) is 14.8. The van der Waals surface area contributed by atoms with Crippen molar-refractivity contribution in [3.8, 4) is 0 Å². The highest BCUT2D eigenvalue weighted by molar-refractivity contribution is 5.93. The Kier molecular flexibility index (Phi) is 5.34. The fourth-order valence-electron chi connectivity index (χ4n) is 3.14. The summed E-state index contributed by atoms with van der Waals surface area (Å²) in [5, 5.41) is 1.12. The number of aromatic amines is 1. The lowest BCUT2D eigenvalue weighted by Gasteiger charge is -2.18. The number of benzene rings is 2. The molecule has 0 saturated carbocycles. The van der Waals surface area contributed by atoms with Gasteiger partial charge in [-0.3, -0.25) is 4.79 Å². The summed E-state index contributed by atoms with van der Waals surface area (Å²) >= 11 is 0. The minimum atomic E-state index is 0.170. The van der Waals surface area contributed by atoms with Crippen LogP contribution in [0.5, 0.6) is 0 Å². The zero-order valence-electron chi connectivity index (χ0n) is 14.8. The summed E-state index contributed by atoms with van der Waals surface area (Å²) < 4.78 is 0. The van der Waals surface area contributed by atoms with E-state index >= 15 is 0 Å². The van der Waals surface area contributed by atoms with E-state index < -0.39 is 0 Å². The molecule has 0 aliphatic heterocycles. The molecule has 25 heavy (non-hydrogen) atoms. The average Bonchev–Trinajstić information content (AvgIpc) is 2.99. The highest BCUT2D eigenvalue weighted by atomic mass is 16.2. The monoisotopic (exact) mass is 332 g/mol. The van der Waals surface area contributed by atoms with Gasteiger partial charge in [-0.1, -0.05) is 54.6 Å². The second-order valence-electron chi connectivity index (χ2n) is 6.05. The molecule has 3 heteroatoms. The van der Waals surface area contributed by atoms with E-state index in [1.165, 1.54) is 0 Å². The molecule has 0 aliphatic carbocycles. The van der Waals surface area contributed by atoms with E-state index in [0.717, 1.165) is 40.8 Å². The molecule has 0 radical (unpaired) electrons. The van der Waals surface area contributed by atoms with Gasteiger partial charge in [0.05, 0.1) is 6.42 Å². The number of rotatable bonds is 6. The molecule has 0 fully saturated rings. The highest BCUT2D eigenvalue weighted by Gasteiger charge is 2.16. The first-order chi connectivity index (χ1) is 12.2. The SMILES string of the molecule is CCN(CC)C(=O)Cc1c(/C=C/c2ccccc2)[nH]c2ccccc12. The number of carbonyl (C=O) groups is 1. The van der Waals surface area contributed by atoms with Gasteiger partial charge in [0.25, 0.3) is 0 Å². The lowest BCUT2D eigenvalue weighted by molar-refractivity contribution is -0.130. The molecule has 0 unspecified atom stereocenters. The molecule has 2 aromatic carbocycles. The van der Waals surface area contributed by atoms with Gasteiger partial charge in [0.15, 0.2) is 0 Å². The van der Waals surface area contributed by atoms with Gasteiger partial charge in [0, 0.05) is 29.7 Å². The maximum absolute atomic E-state index is 12.6. The van der Waals surface area contributed by atoms with Crippen molar-refractivity contribution < 1.29 is 4.79 Å². The molecule has 0 spiro atoms. The van der Waals surface area contributed by atoms with E-state index in [-0.39, 0.29) is 5.91 Å². The average molecular weight is 332 g/mol. The lowest BCUT2D eigenvalue weighted by atomic mass is 10.1. The van der Waals surface area contributed by atoms with Gasteiger partial charge >= 0.3 is 0 Å². The number of H-pyrrole nitrogens is 1. The van der Waals surface area contributed by atoms with E-state index in [2.05, 4.69) is 41.4 Å². The molecular formula is C22H24N2O. The number of nitrogens with zero attached hydrogens (tertiary/aromatic N) is 1. The van der Waals surface area contributed by atoms with Crippen LogP contribution in [0, 0.1) is 0 Å². The third-order valence-corrected chi connectivity index (χ3v) is 4.53. The molecule has 1 aromatic heterocycles. The van der Waals surface area contributed by atoms with Crippen molar-refractivity contribution in [1.82, 2.24) is 9.88 Å². The zero-order chi connectivity index (χ0) is 17.6. The minimum Gasteiger partial charge on any atom is -0.355 e. The van der Waals surface area contributed by atoms with Crippen LogP contribution in [0.15, 0.2) is 54.6 Å². The van der Waals surface area contributed by atoms with Gasteiger partial charge in [-0.05, 0) is 37.1 Å². The van der Waals surface area contributed by atoms with Crippen LogP contribution in [0.25, 0.3) is 23.1 Å². The molecule has 0 bridgehead atoms. The lowest BCUT2D eigenvalue weighted by Crippen LogP contribution is -2.31. The van der Waals surface area contributed by atoms with Crippen molar-refractivity contribution in [1.29, 1.82) is 0 Å². The third kappa shape index (κ3) is 3.82. The molecule has 3 aromatic rings. The van der Waals surface area contributed by atoms with E-state index in [1.54, 1.807) is 0 Å². The first-order valence-electron chi connectivity index (χ1n) is 8.83. The Labute approximate surface area is 149 Å². The Bertz CT molecular complexity index is 873. The predicted molar refractivity (Wildman–Crippen MR) is 105 cm³/mol. The van der Waals surface area contributed by atoms with Crippen molar-refractivity contribution in [3.63, 3.8) is 0 Å². The number of nitrogens with one attached hydrogen (secondary N) is 1. The number of fused-ring (bicyclic) bond motifs is 1. The molecule has 3 rings (SSSR count). The first kappa shape index (κ1) is 17.0. The van der Waals surface area contributed by atoms with Gasteiger partial charge in [-0.2, -0.15) is 0 Å². The third-order valence-electron chi connectivity index (χ3n) is 4.53. The van der Waals surface area contributed by atoms with E-state index in [4.69, 9.17) is 0 Å². The highest BCUT2D eigenvalue weighted by Crippen LogP contribution is 2.25. The summed E-state index contributed by atoms with van der Waals surface area (Å²) in [4.78, 5) is 18.0. The van der Waals surface area contributed by atoms with Crippen LogP contribution in [0.2, 0.25) is 0 Å². The van der Waals surface area contributed by atoms with E-state index in [1.807, 2.05) is 49.1 Å². The summed E-state index contributed by atoms with van der Waals surface area (Å²) in [6, 6.07) is 18.4. The standard InChI is InChI=1S/C22H24N2O/c1-3-24(4-2)22(25)16-19-18-12-8-9-13-20(18)23-21(19)15-14-17-10-6-5-7-11-17/h5-15,23H,3-4,16H2,1-2H3/b15-14+. The molecule has 3 nitrogen and oxygen atoms in total. The number of carbonyl (C=O) groups excluding carboxylic acids is 1. The number of likely N-dealkylation sites (N-methyl/N-ethyl adjacent to an activating group) is 1. The molecule has 1 heterocycles. The minimum absolute atomic E-state index is 0.170. The van der Waals surface area contributed by atoms with Gasteiger partial charge < -0.3 is 9.88 Å². The number of amides is 1. The number of hydrogen-bond donors (Lipinski definition) is 1. The molecule has 0 atom stereocenters. The summed E-state index contributed by atoms with van der Waals surface area (Å²) in [5.41, 5.74) is 4.28. The van der Waals surface area contributed by atoms with Crippen molar-refractivity contribution >= 4 is 29.0 Å². The summed E-state index contributed by atoms with van der Waals surface area (Å²) in [6.45, 7) is 5.53. The normalized spacial score (nSPS) is 11.3. The fraction of sp³-hybridized carbons (Fsp3) is 0.227. The van der Waals surface area contributed by atoms with E-state index in [9.17, 15) is 4.79 Å². The number of aromatic nitrogens is 1. The van der Waals surface area contributed by atoms with Crippen LogP contribution in [0.3, 0.4) is 0 Å². The van der Waals surface area contributed by atoms with E-state index in [0.29, 0.717) is 6.42 Å². The van der Waals surface area contributed by atoms with Crippen LogP contribution in [0.1, 0.15) is 30.7 Å². The summed E-state index contributed by atoms with van der Waals surface area (Å²) in [7, 11) is 0. The predicted octanol–water partition coefficient (Wildman–Crippen LogP) is 4.75. The second-order valence-corrected chi connectivity index (χ2v) is 6.05. The smallest absolute Gasteiger partial charge is 0.227 e. The number of para-hydroxylation sites is 1. The van der Waals surface area contributed by atoms with Crippen molar-refractivity contribution in [3.05, 3.63) is 71.4 Å². The summed E-state index contributed by atoms with van der Waals surface area (Å²) in [6.07, 6.45) is 4.57. The molecular weight excluding hydrogens is 308 g/mol. The van der Waals surface area contributed by atoms with Crippen molar-refractivity contribution in [2.24, 2.45) is 0 Å². The van der Waals surface area contributed by atoms with Crippen LogP contribution in [-0.2, 0) is 11.2 Å². The van der Waals surface area contributed by atoms with Crippen LogP contribution in [-0.4, -0.2) is 28.9 Å². The Morgan fingerprint density at radius 2 is 1.64 bits per heavy atom. The molecule has 0 saturated heterocycles. The van der Waals surface area contributed by atoms with Gasteiger partial charge in [-0.15, -0.1) is 0 Å². The fourth-order valence-corrected chi connectivity index (χ4v) is 3.14. The van der Waals surface area contributed by atoms with Crippen LogP contribution in [0.4, 0.5) is 0 Å². The largest absolute Gasteiger partial charge is 0.355 e. The molecule has 1 amide bonds. The van der Waals surface area contributed by atoms with Crippen molar-refractivity contribution in [2.45, 2.75) is 20.3 Å². The Morgan fingerprint density at radius 1 is 0.960 bits per heavy atom. The Balaban J connectivity index is 1.97. The Hall–Kier alpha value is -2.81. The van der Waals surface area contributed by atoms with Crippen LogP contribution >= 0.6 is 0 Å². The van der Waals surface area contributed by atoms with Gasteiger partial charge in [-0.25, -0.2) is 0 Å². The summed E-state index contributed by atoms with van der Waals surface area (Å²) in [5.74, 6) is 0.170. The number of hydrogen-bond acceptors (Lipinski definition) is 1. The van der Waals surface area contributed by atoms with Gasteiger partial charge in [0.2, 0.25) is 5.91 Å². The quantitative estimate of drug-likeness (QED) is 0.695. The molecule has 128 valence electrons. The molecule has 1 N–H and O–H groups in total. The van der Waals surface area contributed by atoms with Crippen molar-refractivity contribution in [2.75, 3.05) is 13.1 Å². The van der Waals surface area contributed by atoms with Gasteiger partial charge in [0.1, 0.15) is 0 Å². The maximum Gasteiger partial charge on any atom is 0.227 e. The van der Waals surface area contributed by atoms with Crippen LogP contribution < -0.4 is 0 Å². The second kappa shape index (κ2) is 7.84. The topological polar surface area (TPSA) is 36.1 Å². The maximum atomic E-state index is 12.6. The first-order valence-corrected chi connectivity index (χ1v) is 8.83. The molecule has 0 aliphatic rings.